The van der Waals surface area contributed by atoms with Crippen LogP contribution in [0.15, 0.2) is 16.6 Å². The Morgan fingerprint density at radius 1 is 1.28 bits per heavy atom. The maximum Gasteiger partial charge on any atom is 0.407 e. The summed E-state index contributed by atoms with van der Waals surface area (Å²) in [6.45, 7) is 8.84. The van der Waals surface area contributed by atoms with E-state index in [9.17, 15) is 9.59 Å². The first-order valence-corrected chi connectivity index (χ1v) is 10.7. The molecule has 2 amide bonds. The van der Waals surface area contributed by atoms with Gasteiger partial charge in [0.2, 0.25) is 0 Å². The molecule has 1 aromatic carbocycles. The van der Waals surface area contributed by atoms with Crippen LogP contribution in [0.1, 0.15) is 57.3 Å². The summed E-state index contributed by atoms with van der Waals surface area (Å²) in [6.07, 6.45) is 2.31. The number of hydrogen-bond donors (Lipinski definition) is 1. The second-order valence-electron chi connectivity index (χ2n) is 7.95. The van der Waals surface area contributed by atoms with Crippen molar-refractivity contribution in [2.45, 2.75) is 58.6 Å². The van der Waals surface area contributed by atoms with Gasteiger partial charge in [0.05, 0.1) is 18.2 Å². The lowest BCUT2D eigenvalue weighted by Crippen LogP contribution is -2.50. The molecule has 1 fully saturated rings. The van der Waals surface area contributed by atoms with Gasteiger partial charge in [-0.1, -0.05) is 0 Å². The van der Waals surface area contributed by atoms with Gasteiger partial charge in [0.25, 0.3) is 5.91 Å². The third-order valence-corrected chi connectivity index (χ3v) is 5.12. The van der Waals surface area contributed by atoms with Crippen molar-refractivity contribution in [3.05, 3.63) is 22.2 Å². The van der Waals surface area contributed by atoms with Crippen LogP contribution in [0.2, 0.25) is 0 Å². The van der Waals surface area contributed by atoms with E-state index in [1.165, 1.54) is 0 Å². The maximum absolute atomic E-state index is 13.2. The highest BCUT2D eigenvalue weighted by molar-refractivity contribution is 9.10. The number of benzene rings is 1. The van der Waals surface area contributed by atoms with Crippen molar-refractivity contribution < 1.29 is 23.8 Å². The zero-order valence-electron chi connectivity index (χ0n) is 17.8. The van der Waals surface area contributed by atoms with Crippen LogP contribution in [0.5, 0.6) is 11.5 Å². The van der Waals surface area contributed by atoms with Crippen molar-refractivity contribution in [3.8, 4) is 11.5 Å². The number of piperidine rings is 1. The molecule has 0 bridgehead atoms. The second-order valence-corrected chi connectivity index (χ2v) is 8.81. The number of likely N-dealkylation sites (tertiary alicyclic amines) is 1. The molecule has 7 nitrogen and oxygen atoms in total. The molecule has 1 aliphatic rings. The summed E-state index contributed by atoms with van der Waals surface area (Å²) in [5.74, 6) is 0.987. The summed E-state index contributed by atoms with van der Waals surface area (Å²) in [5, 5.41) is 2.80. The first-order chi connectivity index (χ1) is 13.7. The minimum atomic E-state index is -0.558. The fourth-order valence-electron chi connectivity index (χ4n) is 3.29. The third-order valence-electron chi connectivity index (χ3n) is 4.53. The summed E-state index contributed by atoms with van der Waals surface area (Å²) in [5.41, 5.74) is -0.0431. The number of ether oxygens (including phenoxy) is 3. The van der Waals surface area contributed by atoms with Crippen LogP contribution in [0.25, 0.3) is 0 Å². The molecule has 0 radical (unpaired) electrons. The van der Waals surface area contributed by atoms with Crippen LogP contribution in [0.3, 0.4) is 0 Å². The number of halogens is 1. The maximum atomic E-state index is 13.2. The lowest BCUT2D eigenvalue weighted by atomic mass is 10.0. The Kier molecular flexibility index (Phi) is 8.19. The predicted octanol–water partition coefficient (Wildman–Crippen LogP) is 4.38. The summed E-state index contributed by atoms with van der Waals surface area (Å²) >= 11 is 3.48. The van der Waals surface area contributed by atoms with Crippen LogP contribution in [0.4, 0.5) is 4.79 Å². The van der Waals surface area contributed by atoms with E-state index in [4.69, 9.17) is 14.2 Å². The molecule has 0 aromatic heterocycles. The molecular weight excluding hydrogens is 440 g/mol. The molecule has 29 heavy (non-hydrogen) atoms. The fourth-order valence-corrected chi connectivity index (χ4v) is 3.85. The van der Waals surface area contributed by atoms with Crippen molar-refractivity contribution >= 4 is 27.9 Å². The molecular formula is C21H31BrN2O5. The Morgan fingerprint density at radius 3 is 2.62 bits per heavy atom. The van der Waals surface area contributed by atoms with Gasteiger partial charge in [0.15, 0.2) is 11.5 Å². The third kappa shape index (κ3) is 6.52. The van der Waals surface area contributed by atoms with Gasteiger partial charge < -0.3 is 24.4 Å². The van der Waals surface area contributed by atoms with Gasteiger partial charge in [-0.05, 0) is 75.0 Å². The average molecular weight is 471 g/mol. The molecule has 8 heteroatoms. The number of rotatable bonds is 6. The first kappa shape index (κ1) is 23.3. The van der Waals surface area contributed by atoms with E-state index in [-0.39, 0.29) is 11.9 Å². The molecule has 1 N–H and O–H groups in total. The van der Waals surface area contributed by atoms with Crippen molar-refractivity contribution in [1.82, 2.24) is 10.2 Å². The number of methoxy groups -OCH3 is 1. The van der Waals surface area contributed by atoms with Crippen LogP contribution in [0, 0.1) is 0 Å². The van der Waals surface area contributed by atoms with Crippen LogP contribution >= 0.6 is 15.9 Å². The van der Waals surface area contributed by atoms with Crippen LogP contribution in [-0.2, 0) is 4.74 Å². The predicted molar refractivity (Wildman–Crippen MR) is 115 cm³/mol. The number of carbonyl (C=O) groups excluding carboxylic acids is 2. The molecule has 1 aliphatic heterocycles. The van der Waals surface area contributed by atoms with E-state index in [0.29, 0.717) is 41.2 Å². The Labute approximate surface area is 181 Å². The average Bonchev–Trinajstić information content (AvgIpc) is 2.66. The van der Waals surface area contributed by atoms with E-state index >= 15 is 0 Å². The van der Waals surface area contributed by atoms with Crippen LogP contribution < -0.4 is 14.8 Å². The monoisotopic (exact) mass is 470 g/mol. The van der Waals surface area contributed by atoms with Crippen LogP contribution in [-0.4, -0.2) is 55.3 Å². The second kappa shape index (κ2) is 10.2. The van der Waals surface area contributed by atoms with Gasteiger partial charge in [-0.15, -0.1) is 0 Å². The normalized spacial score (nSPS) is 16.9. The lowest BCUT2D eigenvalue weighted by Gasteiger charge is -2.36. The number of nitrogens with one attached hydrogen (secondary N) is 1. The zero-order chi connectivity index (χ0) is 21.6. The van der Waals surface area contributed by atoms with Crippen molar-refractivity contribution in [1.29, 1.82) is 0 Å². The van der Waals surface area contributed by atoms with E-state index < -0.39 is 11.7 Å². The van der Waals surface area contributed by atoms with E-state index in [1.54, 1.807) is 19.2 Å². The highest BCUT2D eigenvalue weighted by Crippen LogP contribution is 2.37. The summed E-state index contributed by atoms with van der Waals surface area (Å²) in [7, 11) is 1.55. The Morgan fingerprint density at radius 2 is 2.00 bits per heavy atom. The summed E-state index contributed by atoms with van der Waals surface area (Å²) in [4.78, 5) is 27.1. The van der Waals surface area contributed by atoms with E-state index in [1.807, 2.05) is 32.6 Å². The van der Waals surface area contributed by atoms with Gasteiger partial charge in [-0.25, -0.2) is 4.79 Å². The Bertz CT molecular complexity index is 733. The van der Waals surface area contributed by atoms with Gasteiger partial charge in [0, 0.05) is 24.7 Å². The fraction of sp³-hybridized carbons (Fsp3) is 0.619. The first-order valence-electron chi connectivity index (χ1n) is 9.94. The standard InChI is InChI=1S/C21H31BrN2O5/c1-6-28-18-16(22)11-14(12-17(18)27-5)19(25)24-10-8-7-9-15(24)13-23-20(26)29-21(2,3)4/h11-12,15H,6-10,13H2,1-5H3,(H,23,26). The van der Waals surface area contributed by atoms with Gasteiger partial charge in [-0.2, -0.15) is 0 Å². The number of hydrogen-bond acceptors (Lipinski definition) is 5. The van der Waals surface area contributed by atoms with Gasteiger partial charge in [0.1, 0.15) is 5.60 Å². The Hall–Kier alpha value is -1.96. The molecule has 2 rings (SSSR count). The smallest absolute Gasteiger partial charge is 0.407 e. The zero-order valence-corrected chi connectivity index (χ0v) is 19.4. The summed E-state index contributed by atoms with van der Waals surface area (Å²) in [6, 6.07) is 3.37. The number of amides is 2. The minimum absolute atomic E-state index is 0.0832. The molecule has 1 unspecified atom stereocenters. The largest absolute Gasteiger partial charge is 0.493 e. The molecule has 1 atom stereocenters. The molecule has 0 saturated carbocycles. The van der Waals surface area contributed by atoms with Crippen molar-refractivity contribution in [3.63, 3.8) is 0 Å². The molecule has 1 heterocycles. The number of nitrogens with zero attached hydrogens (tertiary/aromatic N) is 1. The van der Waals surface area contributed by atoms with E-state index in [0.717, 1.165) is 19.3 Å². The number of alkyl carbamates (subject to hydrolysis) is 1. The molecule has 0 aliphatic carbocycles. The van der Waals surface area contributed by atoms with Gasteiger partial charge >= 0.3 is 6.09 Å². The van der Waals surface area contributed by atoms with Crippen molar-refractivity contribution in [2.24, 2.45) is 0 Å². The summed E-state index contributed by atoms with van der Waals surface area (Å²) < 4.78 is 17.0. The van der Waals surface area contributed by atoms with Crippen molar-refractivity contribution in [2.75, 3.05) is 26.8 Å². The Balaban J connectivity index is 2.15. The highest BCUT2D eigenvalue weighted by atomic mass is 79.9. The molecule has 162 valence electrons. The molecule has 1 saturated heterocycles. The quantitative estimate of drug-likeness (QED) is 0.667. The topological polar surface area (TPSA) is 77.1 Å². The highest BCUT2D eigenvalue weighted by Gasteiger charge is 2.29. The molecule has 1 aromatic rings. The lowest BCUT2D eigenvalue weighted by molar-refractivity contribution is 0.0462. The van der Waals surface area contributed by atoms with Gasteiger partial charge in [-0.3, -0.25) is 4.79 Å². The SMILES string of the molecule is CCOc1c(Br)cc(C(=O)N2CCCCC2CNC(=O)OC(C)(C)C)cc1OC. The number of carbonyl (C=O) groups is 2. The van der Waals surface area contributed by atoms with E-state index in [2.05, 4.69) is 21.2 Å². The minimum Gasteiger partial charge on any atom is -0.493 e. The molecule has 0 spiro atoms.